The lowest BCUT2D eigenvalue weighted by molar-refractivity contribution is 0.586. The van der Waals surface area contributed by atoms with E-state index in [9.17, 15) is 8.78 Å². The molecular formula is C21H22F2N6. The molecule has 0 bridgehead atoms. The summed E-state index contributed by atoms with van der Waals surface area (Å²) in [6.07, 6.45) is 1.42. The zero-order valence-electron chi connectivity index (χ0n) is 16.4. The fourth-order valence-corrected chi connectivity index (χ4v) is 3.44. The number of hydrogen-bond acceptors (Lipinski definition) is 6. The average Bonchev–Trinajstić information content (AvgIpc) is 2.73. The molecule has 0 radical (unpaired) electrons. The molecule has 1 saturated heterocycles. The van der Waals surface area contributed by atoms with Crippen LogP contribution in [0.4, 0.5) is 31.9 Å². The average molecular weight is 396 g/mol. The van der Waals surface area contributed by atoms with E-state index in [0.717, 1.165) is 32.2 Å². The van der Waals surface area contributed by atoms with Gasteiger partial charge in [-0.25, -0.2) is 8.78 Å². The molecule has 8 heteroatoms. The van der Waals surface area contributed by atoms with Gasteiger partial charge >= 0.3 is 0 Å². The maximum atomic E-state index is 13.9. The first kappa shape index (κ1) is 19.0. The summed E-state index contributed by atoms with van der Waals surface area (Å²) in [5, 5.41) is 10.9. The van der Waals surface area contributed by atoms with Crippen LogP contribution in [0.3, 0.4) is 0 Å². The second-order valence-electron chi connectivity index (χ2n) is 7.08. The number of nitrogens with one attached hydrogen (secondary N) is 1. The molecule has 150 valence electrons. The van der Waals surface area contributed by atoms with Gasteiger partial charge in [0, 0.05) is 37.9 Å². The number of anilines is 4. The van der Waals surface area contributed by atoms with E-state index in [-0.39, 0.29) is 5.69 Å². The van der Waals surface area contributed by atoms with Crippen molar-refractivity contribution in [1.29, 1.82) is 0 Å². The van der Waals surface area contributed by atoms with Gasteiger partial charge in [-0.15, -0.1) is 5.10 Å². The van der Waals surface area contributed by atoms with Gasteiger partial charge in [0.25, 0.3) is 0 Å². The summed E-state index contributed by atoms with van der Waals surface area (Å²) in [4.78, 5) is 8.87. The first-order valence-corrected chi connectivity index (χ1v) is 9.49. The third-order valence-corrected chi connectivity index (χ3v) is 5.22. The predicted molar refractivity (Wildman–Crippen MR) is 110 cm³/mol. The van der Waals surface area contributed by atoms with Gasteiger partial charge in [0.05, 0.1) is 11.9 Å². The van der Waals surface area contributed by atoms with Gasteiger partial charge in [0.1, 0.15) is 11.6 Å². The smallest absolute Gasteiger partial charge is 0.247 e. The Balaban J connectivity index is 1.45. The van der Waals surface area contributed by atoms with E-state index in [0.29, 0.717) is 11.8 Å². The summed E-state index contributed by atoms with van der Waals surface area (Å²) >= 11 is 0. The number of hydrogen-bond donors (Lipinski definition) is 1. The van der Waals surface area contributed by atoms with Crippen LogP contribution in [-0.4, -0.2) is 41.4 Å². The van der Waals surface area contributed by atoms with E-state index in [2.05, 4.69) is 62.3 Å². The lowest BCUT2D eigenvalue weighted by atomic mass is 10.1. The van der Waals surface area contributed by atoms with Crippen molar-refractivity contribution >= 4 is 23.1 Å². The summed E-state index contributed by atoms with van der Waals surface area (Å²) < 4.78 is 27.0. The van der Waals surface area contributed by atoms with Crippen molar-refractivity contribution in [2.75, 3.05) is 41.3 Å². The summed E-state index contributed by atoms with van der Waals surface area (Å²) in [6, 6.07) is 9.70. The van der Waals surface area contributed by atoms with E-state index in [4.69, 9.17) is 0 Å². The van der Waals surface area contributed by atoms with Crippen LogP contribution in [-0.2, 0) is 0 Å². The van der Waals surface area contributed by atoms with Crippen molar-refractivity contribution in [3.8, 4) is 0 Å². The van der Waals surface area contributed by atoms with Crippen LogP contribution in [0.1, 0.15) is 11.1 Å². The number of rotatable bonds is 4. The Labute approximate surface area is 168 Å². The molecule has 2 heterocycles. The molecule has 1 fully saturated rings. The number of aryl methyl sites for hydroxylation is 1. The van der Waals surface area contributed by atoms with Gasteiger partial charge in [0.15, 0.2) is 5.82 Å². The Morgan fingerprint density at radius 1 is 0.966 bits per heavy atom. The normalized spacial score (nSPS) is 14.2. The molecule has 29 heavy (non-hydrogen) atoms. The Hall–Kier alpha value is -3.29. The van der Waals surface area contributed by atoms with E-state index in [1.807, 2.05) is 0 Å². The van der Waals surface area contributed by atoms with Crippen molar-refractivity contribution in [3.05, 3.63) is 65.4 Å². The molecule has 1 aliphatic rings. The molecule has 0 unspecified atom stereocenters. The van der Waals surface area contributed by atoms with Gasteiger partial charge in [-0.05, 0) is 43.2 Å². The first-order chi connectivity index (χ1) is 14.0. The second kappa shape index (κ2) is 7.98. The Morgan fingerprint density at radius 3 is 2.48 bits per heavy atom. The van der Waals surface area contributed by atoms with Crippen molar-refractivity contribution in [2.45, 2.75) is 13.8 Å². The van der Waals surface area contributed by atoms with Crippen LogP contribution in [0.2, 0.25) is 0 Å². The molecule has 0 saturated carbocycles. The molecule has 0 atom stereocenters. The third-order valence-electron chi connectivity index (χ3n) is 5.22. The fourth-order valence-electron chi connectivity index (χ4n) is 3.44. The maximum absolute atomic E-state index is 13.9. The third kappa shape index (κ3) is 4.11. The number of nitrogens with zero attached hydrogens (tertiary/aromatic N) is 5. The van der Waals surface area contributed by atoms with Gasteiger partial charge in [0.2, 0.25) is 5.95 Å². The molecule has 0 aliphatic carbocycles. The molecule has 1 N–H and O–H groups in total. The van der Waals surface area contributed by atoms with Gasteiger partial charge in [-0.2, -0.15) is 10.1 Å². The largest absolute Gasteiger partial charge is 0.368 e. The zero-order chi connectivity index (χ0) is 20.4. The fraction of sp³-hybridized carbons (Fsp3) is 0.286. The van der Waals surface area contributed by atoms with E-state index in [1.54, 1.807) is 0 Å². The molecule has 0 amide bonds. The van der Waals surface area contributed by atoms with Gasteiger partial charge < -0.3 is 15.1 Å². The Kier molecular flexibility index (Phi) is 5.24. The lowest BCUT2D eigenvalue weighted by Gasteiger charge is -2.36. The molecule has 0 spiro atoms. The predicted octanol–water partition coefficient (Wildman–Crippen LogP) is 3.84. The number of benzene rings is 2. The first-order valence-electron chi connectivity index (χ1n) is 9.49. The monoisotopic (exact) mass is 396 g/mol. The molecule has 1 aromatic heterocycles. The van der Waals surface area contributed by atoms with Crippen molar-refractivity contribution in [2.24, 2.45) is 0 Å². The highest BCUT2D eigenvalue weighted by Crippen LogP contribution is 2.25. The summed E-state index contributed by atoms with van der Waals surface area (Å²) in [5.41, 5.74) is 3.97. The van der Waals surface area contributed by atoms with E-state index < -0.39 is 11.6 Å². The minimum atomic E-state index is -0.688. The van der Waals surface area contributed by atoms with Crippen molar-refractivity contribution < 1.29 is 8.78 Å². The van der Waals surface area contributed by atoms with Crippen LogP contribution in [0.5, 0.6) is 0 Å². The SMILES string of the molecule is Cc1cccc(N2CCN(c3nncc(Nc4ccc(F)cc4F)n3)CC2)c1C. The maximum Gasteiger partial charge on any atom is 0.247 e. The van der Waals surface area contributed by atoms with Gasteiger partial charge in [-0.3, -0.25) is 0 Å². The lowest BCUT2D eigenvalue weighted by Crippen LogP contribution is -2.47. The minimum Gasteiger partial charge on any atom is -0.368 e. The molecule has 4 rings (SSSR count). The van der Waals surface area contributed by atoms with Crippen LogP contribution < -0.4 is 15.1 Å². The molecular weight excluding hydrogens is 374 g/mol. The van der Waals surface area contributed by atoms with Crippen LogP contribution in [0.15, 0.2) is 42.6 Å². The van der Waals surface area contributed by atoms with Crippen LogP contribution in [0, 0.1) is 25.5 Å². The highest BCUT2D eigenvalue weighted by atomic mass is 19.1. The molecule has 2 aromatic carbocycles. The molecule has 6 nitrogen and oxygen atoms in total. The van der Waals surface area contributed by atoms with Crippen LogP contribution >= 0.6 is 0 Å². The zero-order valence-corrected chi connectivity index (χ0v) is 16.4. The van der Waals surface area contributed by atoms with E-state index >= 15 is 0 Å². The number of piperazine rings is 1. The van der Waals surface area contributed by atoms with Crippen molar-refractivity contribution in [1.82, 2.24) is 15.2 Å². The van der Waals surface area contributed by atoms with E-state index in [1.165, 1.54) is 35.1 Å². The van der Waals surface area contributed by atoms with Gasteiger partial charge in [-0.1, -0.05) is 12.1 Å². The Bertz CT molecular complexity index is 1020. The summed E-state index contributed by atoms with van der Waals surface area (Å²) in [6.45, 7) is 7.47. The standard InChI is InChI=1S/C21H22F2N6/c1-14-4-3-5-19(15(14)2)28-8-10-29(11-9-28)21-26-20(13-24-27-21)25-18-7-6-16(22)12-17(18)23/h3-7,12-13H,8-11H2,1-2H3,(H,25,26,27). The minimum absolute atomic E-state index is 0.137. The second-order valence-corrected chi connectivity index (χ2v) is 7.08. The summed E-state index contributed by atoms with van der Waals surface area (Å²) in [5.74, 6) is -0.473. The summed E-state index contributed by atoms with van der Waals surface area (Å²) in [7, 11) is 0. The number of halogens is 2. The molecule has 3 aromatic rings. The van der Waals surface area contributed by atoms with Crippen molar-refractivity contribution in [3.63, 3.8) is 0 Å². The molecule has 1 aliphatic heterocycles. The topological polar surface area (TPSA) is 57.2 Å². The quantitative estimate of drug-likeness (QED) is 0.723. The number of aromatic nitrogens is 3. The Morgan fingerprint density at radius 2 is 1.72 bits per heavy atom. The van der Waals surface area contributed by atoms with Crippen LogP contribution in [0.25, 0.3) is 0 Å². The highest BCUT2D eigenvalue weighted by molar-refractivity contribution is 5.58. The highest BCUT2D eigenvalue weighted by Gasteiger charge is 2.21.